The second-order valence-electron chi connectivity index (χ2n) is 3.42. The van der Waals surface area contributed by atoms with E-state index in [1.54, 1.807) is 0 Å². The fraction of sp³-hybridized carbons (Fsp3) is 0.400. The summed E-state index contributed by atoms with van der Waals surface area (Å²) in [6.45, 7) is 0. The van der Waals surface area contributed by atoms with Gasteiger partial charge >= 0.3 is 5.97 Å². The van der Waals surface area contributed by atoms with Gasteiger partial charge in [0.25, 0.3) is 0 Å². The lowest BCUT2D eigenvalue weighted by molar-refractivity contribution is 0.0601. The zero-order chi connectivity index (χ0) is 11.0. The van der Waals surface area contributed by atoms with Crippen molar-refractivity contribution in [2.45, 2.75) is 19.3 Å². The van der Waals surface area contributed by atoms with Crippen molar-refractivity contribution in [1.82, 2.24) is 0 Å². The van der Waals surface area contributed by atoms with Gasteiger partial charge in [0.1, 0.15) is 5.00 Å². The third-order valence-corrected chi connectivity index (χ3v) is 3.61. The van der Waals surface area contributed by atoms with Gasteiger partial charge in [0.15, 0.2) is 5.78 Å². The van der Waals surface area contributed by atoms with Gasteiger partial charge < -0.3 is 10.5 Å². The largest absolute Gasteiger partial charge is 0.465 e. The summed E-state index contributed by atoms with van der Waals surface area (Å²) in [7, 11) is 1.32. The Labute approximate surface area is 91.0 Å². The van der Waals surface area contributed by atoms with Crippen molar-refractivity contribution < 1.29 is 14.3 Å². The number of rotatable bonds is 1. The quantitative estimate of drug-likeness (QED) is 0.737. The van der Waals surface area contributed by atoms with Gasteiger partial charge in [0, 0.05) is 6.42 Å². The Morgan fingerprint density at radius 1 is 1.47 bits per heavy atom. The Morgan fingerprint density at radius 3 is 2.87 bits per heavy atom. The van der Waals surface area contributed by atoms with Gasteiger partial charge in [0.05, 0.1) is 17.6 Å². The molecule has 0 aliphatic heterocycles. The van der Waals surface area contributed by atoms with Gasteiger partial charge in [-0.25, -0.2) is 4.79 Å². The Morgan fingerprint density at radius 2 is 2.20 bits per heavy atom. The third-order valence-electron chi connectivity index (χ3n) is 2.51. The molecule has 4 nitrogen and oxygen atoms in total. The molecule has 0 radical (unpaired) electrons. The zero-order valence-corrected chi connectivity index (χ0v) is 9.15. The molecule has 0 fully saturated rings. The highest BCUT2D eigenvalue weighted by atomic mass is 32.1. The maximum absolute atomic E-state index is 11.6. The maximum atomic E-state index is 11.6. The van der Waals surface area contributed by atoms with Crippen molar-refractivity contribution in [2.24, 2.45) is 0 Å². The normalized spacial score (nSPS) is 14.9. The van der Waals surface area contributed by atoms with E-state index in [0.717, 1.165) is 18.4 Å². The number of nitrogen functional groups attached to an aromatic ring is 1. The predicted octanol–water partition coefficient (Wildman–Crippen LogP) is 1.64. The molecule has 80 valence electrons. The molecular formula is C10H11NO3S. The summed E-state index contributed by atoms with van der Waals surface area (Å²) in [5, 5.41) is 0.391. The Bertz CT molecular complexity index is 436. The first-order valence-corrected chi connectivity index (χ1v) is 5.49. The van der Waals surface area contributed by atoms with E-state index in [9.17, 15) is 9.59 Å². The van der Waals surface area contributed by atoms with Crippen LogP contribution in [0.1, 0.15) is 38.4 Å². The maximum Gasteiger partial charge on any atom is 0.341 e. The number of carbonyl (C=O) groups is 2. The molecule has 0 bridgehead atoms. The zero-order valence-electron chi connectivity index (χ0n) is 8.33. The number of Topliss-reactive ketones (excluding diaryl/α,β-unsaturated/α-hetero) is 1. The van der Waals surface area contributed by atoms with Crippen LogP contribution in [0, 0.1) is 0 Å². The van der Waals surface area contributed by atoms with E-state index in [0.29, 0.717) is 21.9 Å². The first-order valence-electron chi connectivity index (χ1n) is 4.67. The van der Waals surface area contributed by atoms with Crippen LogP contribution in [0.3, 0.4) is 0 Å². The number of esters is 1. The Balaban J connectivity index is 2.56. The van der Waals surface area contributed by atoms with Crippen LogP contribution in [0.25, 0.3) is 0 Å². The Hall–Kier alpha value is -1.36. The van der Waals surface area contributed by atoms with Crippen molar-refractivity contribution in [1.29, 1.82) is 0 Å². The number of thiophene rings is 1. The number of ether oxygens (including phenoxy) is 1. The topological polar surface area (TPSA) is 69.4 Å². The van der Waals surface area contributed by atoms with Crippen molar-refractivity contribution >= 4 is 28.1 Å². The molecule has 15 heavy (non-hydrogen) atoms. The molecule has 1 aliphatic carbocycles. The van der Waals surface area contributed by atoms with E-state index in [1.165, 1.54) is 18.4 Å². The summed E-state index contributed by atoms with van der Waals surface area (Å²) >= 11 is 1.20. The van der Waals surface area contributed by atoms with E-state index < -0.39 is 5.97 Å². The molecule has 0 atom stereocenters. The third kappa shape index (κ3) is 1.52. The first kappa shape index (κ1) is 10.2. The molecule has 0 saturated heterocycles. The lowest BCUT2D eigenvalue weighted by atomic mass is 9.95. The molecule has 0 unspecified atom stereocenters. The summed E-state index contributed by atoms with van der Waals surface area (Å²) in [5.74, 6) is -0.359. The van der Waals surface area contributed by atoms with E-state index in [1.807, 2.05) is 0 Å². The van der Waals surface area contributed by atoms with Crippen LogP contribution in [0.15, 0.2) is 0 Å². The number of ketones is 1. The van der Waals surface area contributed by atoms with E-state index >= 15 is 0 Å². The molecule has 5 heteroatoms. The van der Waals surface area contributed by atoms with Gasteiger partial charge in [-0.3, -0.25) is 4.79 Å². The monoisotopic (exact) mass is 225 g/mol. The van der Waals surface area contributed by atoms with Crippen molar-refractivity contribution in [3.05, 3.63) is 16.0 Å². The molecule has 1 aromatic heterocycles. The minimum Gasteiger partial charge on any atom is -0.465 e. The number of fused-ring (bicyclic) bond motifs is 1. The van der Waals surface area contributed by atoms with Crippen molar-refractivity contribution in [2.75, 3.05) is 12.8 Å². The average Bonchev–Trinajstić information content (AvgIpc) is 2.55. The minimum absolute atomic E-state index is 0.0862. The molecule has 2 N–H and O–H groups in total. The van der Waals surface area contributed by atoms with Crippen LogP contribution < -0.4 is 5.73 Å². The smallest absolute Gasteiger partial charge is 0.341 e. The molecule has 0 spiro atoms. The summed E-state index contributed by atoms with van der Waals surface area (Å²) in [6, 6.07) is 0. The average molecular weight is 225 g/mol. The van der Waals surface area contributed by atoms with E-state index in [-0.39, 0.29) is 5.78 Å². The summed E-state index contributed by atoms with van der Waals surface area (Å²) < 4.78 is 4.65. The molecule has 1 heterocycles. The summed E-state index contributed by atoms with van der Waals surface area (Å²) in [6.07, 6.45) is 2.07. The van der Waals surface area contributed by atoms with Crippen LogP contribution in [-0.4, -0.2) is 18.9 Å². The number of hydrogen-bond donors (Lipinski definition) is 1. The van der Waals surface area contributed by atoms with Gasteiger partial charge in [-0.15, -0.1) is 11.3 Å². The van der Waals surface area contributed by atoms with Crippen molar-refractivity contribution in [3.8, 4) is 0 Å². The van der Waals surface area contributed by atoms with Crippen LogP contribution in [-0.2, 0) is 11.2 Å². The molecule has 0 saturated carbocycles. The van der Waals surface area contributed by atoms with Crippen LogP contribution in [0.4, 0.5) is 5.00 Å². The SMILES string of the molecule is COC(=O)c1c(N)sc2c1CCCC2=O. The first-order chi connectivity index (χ1) is 7.15. The number of hydrogen-bond acceptors (Lipinski definition) is 5. The highest BCUT2D eigenvalue weighted by Crippen LogP contribution is 2.36. The second kappa shape index (κ2) is 3.66. The van der Waals surface area contributed by atoms with Gasteiger partial charge in [-0.05, 0) is 18.4 Å². The lowest BCUT2D eigenvalue weighted by Crippen LogP contribution is -2.12. The number of nitrogens with two attached hydrogens (primary N) is 1. The standard InChI is InChI=1S/C10H11NO3S/c1-14-10(13)7-5-3-2-4-6(12)8(5)15-9(7)11/h2-4,11H2,1H3. The Kier molecular flexibility index (Phi) is 2.48. The number of anilines is 1. The van der Waals surface area contributed by atoms with Crippen LogP contribution in [0.5, 0.6) is 0 Å². The van der Waals surface area contributed by atoms with Crippen LogP contribution in [0.2, 0.25) is 0 Å². The summed E-state index contributed by atoms with van der Waals surface area (Å²) in [5.41, 5.74) is 6.90. The highest BCUT2D eigenvalue weighted by molar-refractivity contribution is 7.18. The second-order valence-corrected chi connectivity index (χ2v) is 4.47. The predicted molar refractivity (Wildman–Crippen MR) is 57.3 cm³/mol. The van der Waals surface area contributed by atoms with Crippen molar-refractivity contribution in [3.63, 3.8) is 0 Å². The summed E-state index contributed by atoms with van der Waals surface area (Å²) in [4.78, 5) is 23.7. The minimum atomic E-state index is -0.445. The molecule has 0 aromatic carbocycles. The highest BCUT2D eigenvalue weighted by Gasteiger charge is 2.28. The van der Waals surface area contributed by atoms with Gasteiger partial charge in [0.2, 0.25) is 0 Å². The molecule has 0 amide bonds. The molecule has 2 rings (SSSR count). The van der Waals surface area contributed by atoms with Gasteiger partial charge in [-0.1, -0.05) is 0 Å². The fourth-order valence-corrected chi connectivity index (χ4v) is 2.89. The fourth-order valence-electron chi connectivity index (χ4n) is 1.81. The molecule has 1 aliphatic rings. The number of methoxy groups -OCH3 is 1. The molecule has 1 aromatic rings. The van der Waals surface area contributed by atoms with E-state index in [2.05, 4.69) is 4.74 Å². The number of carbonyl (C=O) groups excluding carboxylic acids is 2. The van der Waals surface area contributed by atoms with Crippen LogP contribution >= 0.6 is 11.3 Å². The van der Waals surface area contributed by atoms with E-state index in [4.69, 9.17) is 5.73 Å². The molecular weight excluding hydrogens is 214 g/mol. The van der Waals surface area contributed by atoms with Gasteiger partial charge in [-0.2, -0.15) is 0 Å². The lowest BCUT2D eigenvalue weighted by Gasteiger charge is -2.10.